The Bertz CT molecular complexity index is 928. The molecule has 0 aliphatic rings. The van der Waals surface area contributed by atoms with Gasteiger partial charge in [-0.15, -0.1) is 0 Å². The summed E-state index contributed by atoms with van der Waals surface area (Å²) in [5.74, 6) is -0.235. The molecule has 3 rings (SSSR count). The number of carbonyl (C=O) groups is 1. The normalized spacial score (nSPS) is 10.4. The van der Waals surface area contributed by atoms with Crippen LogP contribution in [-0.2, 0) is 0 Å². The van der Waals surface area contributed by atoms with Gasteiger partial charge in [0.25, 0.3) is 5.91 Å². The minimum Gasteiger partial charge on any atom is -0.332 e. The first-order valence-electron chi connectivity index (χ1n) is 7.10. The van der Waals surface area contributed by atoms with Crippen molar-refractivity contribution in [3.8, 4) is 0 Å². The van der Waals surface area contributed by atoms with Gasteiger partial charge in [-0.05, 0) is 82.0 Å². The van der Waals surface area contributed by atoms with Crippen LogP contribution in [0.1, 0.15) is 10.4 Å². The van der Waals surface area contributed by atoms with E-state index in [4.69, 9.17) is 12.2 Å². The van der Waals surface area contributed by atoms with Crippen LogP contribution >= 0.6 is 50.7 Å². The fourth-order valence-corrected chi connectivity index (χ4v) is 3.40. The average Bonchev–Trinajstić information content (AvgIpc) is 2.57. The van der Waals surface area contributed by atoms with Gasteiger partial charge in [0.2, 0.25) is 0 Å². The fourth-order valence-electron chi connectivity index (χ4n) is 2.34. The maximum atomic E-state index is 12.6. The highest BCUT2D eigenvalue weighted by atomic mass is 127. The van der Waals surface area contributed by atoms with E-state index < -0.39 is 0 Å². The molecule has 3 nitrogen and oxygen atoms in total. The first-order valence-corrected chi connectivity index (χ1v) is 9.38. The third-order valence-electron chi connectivity index (χ3n) is 3.44. The predicted molar refractivity (Wildman–Crippen MR) is 114 cm³/mol. The molecule has 3 aromatic rings. The Kier molecular flexibility index (Phi) is 5.47. The molecule has 0 unspecified atom stereocenters. The molecule has 3 aromatic carbocycles. The second-order valence-corrected chi connectivity index (χ2v) is 7.56. The lowest BCUT2D eigenvalue weighted by atomic mass is 10.0. The van der Waals surface area contributed by atoms with Gasteiger partial charge in [0, 0.05) is 19.3 Å². The van der Waals surface area contributed by atoms with E-state index in [9.17, 15) is 4.79 Å². The Morgan fingerprint density at radius 2 is 1.62 bits per heavy atom. The van der Waals surface area contributed by atoms with Gasteiger partial charge in [-0.1, -0.05) is 40.2 Å². The van der Waals surface area contributed by atoms with Crippen LogP contribution in [-0.4, -0.2) is 11.0 Å². The van der Waals surface area contributed by atoms with E-state index in [1.165, 1.54) is 0 Å². The summed E-state index contributed by atoms with van der Waals surface area (Å²) in [6.07, 6.45) is 0. The molecule has 2 N–H and O–H groups in total. The molecular weight excluding hydrogens is 499 g/mol. The van der Waals surface area contributed by atoms with Crippen LogP contribution in [0.4, 0.5) is 5.69 Å². The Balaban J connectivity index is 1.79. The lowest BCUT2D eigenvalue weighted by molar-refractivity contribution is 0.0979. The molecule has 0 aliphatic carbocycles. The monoisotopic (exact) mass is 510 g/mol. The summed E-state index contributed by atoms with van der Waals surface area (Å²) in [6, 6.07) is 19.2. The highest BCUT2D eigenvalue weighted by Crippen LogP contribution is 2.26. The van der Waals surface area contributed by atoms with Crippen LogP contribution in [0.25, 0.3) is 10.8 Å². The molecule has 0 saturated carbocycles. The summed E-state index contributed by atoms with van der Waals surface area (Å²) < 4.78 is 2.09. The van der Waals surface area contributed by atoms with E-state index in [0.29, 0.717) is 5.56 Å². The SMILES string of the molecule is O=C(NC(=S)Nc1ccc(I)cc1)c1cccc2c(Br)cccc12. The summed E-state index contributed by atoms with van der Waals surface area (Å²) in [4.78, 5) is 12.6. The Labute approximate surface area is 167 Å². The number of rotatable bonds is 2. The first-order chi connectivity index (χ1) is 11.5. The topological polar surface area (TPSA) is 41.1 Å². The number of thiocarbonyl (C=S) groups is 1. The van der Waals surface area contributed by atoms with Gasteiger partial charge in [-0.3, -0.25) is 10.1 Å². The Hall–Kier alpha value is -1.51. The maximum Gasteiger partial charge on any atom is 0.258 e. The van der Waals surface area contributed by atoms with E-state index in [0.717, 1.165) is 24.5 Å². The molecule has 120 valence electrons. The van der Waals surface area contributed by atoms with Gasteiger partial charge in [-0.2, -0.15) is 0 Å². The van der Waals surface area contributed by atoms with Crippen molar-refractivity contribution in [3.63, 3.8) is 0 Å². The molecule has 0 heterocycles. The van der Waals surface area contributed by atoms with Gasteiger partial charge in [0.15, 0.2) is 5.11 Å². The van der Waals surface area contributed by atoms with E-state index in [1.54, 1.807) is 6.07 Å². The molecule has 0 atom stereocenters. The molecular formula is C18H12BrIN2OS. The zero-order valence-corrected chi connectivity index (χ0v) is 16.9. The van der Waals surface area contributed by atoms with Gasteiger partial charge in [0.1, 0.15) is 0 Å². The van der Waals surface area contributed by atoms with Crippen molar-refractivity contribution in [2.75, 3.05) is 5.32 Å². The van der Waals surface area contributed by atoms with Crippen LogP contribution in [0.3, 0.4) is 0 Å². The molecule has 0 aliphatic heterocycles. The van der Waals surface area contributed by atoms with Crippen LogP contribution in [0.5, 0.6) is 0 Å². The van der Waals surface area contributed by atoms with Crippen molar-refractivity contribution in [2.24, 2.45) is 0 Å². The molecule has 24 heavy (non-hydrogen) atoms. The molecule has 1 amide bonds. The predicted octanol–water partition coefficient (Wildman–Crippen LogP) is 5.33. The molecule has 0 saturated heterocycles. The average molecular weight is 511 g/mol. The van der Waals surface area contributed by atoms with Crippen molar-refractivity contribution >= 4 is 78.2 Å². The number of amides is 1. The summed E-state index contributed by atoms with van der Waals surface area (Å²) >= 11 is 11.0. The molecule has 0 fully saturated rings. The minimum atomic E-state index is -0.235. The van der Waals surface area contributed by atoms with E-state index >= 15 is 0 Å². The number of hydrogen-bond donors (Lipinski definition) is 2. The van der Waals surface area contributed by atoms with Crippen LogP contribution in [0, 0.1) is 3.57 Å². The van der Waals surface area contributed by atoms with Crippen molar-refractivity contribution in [3.05, 3.63) is 74.3 Å². The zero-order chi connectivity index (χ0) is 17.1. The van der Waals surface area contributed by atoms with Gasteiger partial charge in [0.05, 0.1) is 0 Å². The summed E-state index contributed by atoms with van der Waals surface area (Å²) in [6.45, 7) is 0. The van der Waals surface area contributed by atoms with Gasteiger partial charge in [-0.25, -0.2) is 0 Å². The second kappa shape index (κ2) is 7.58. The third-order valence-corrected chi connectivity index (χ3v) is 5.06. The van der Waals surface area contributed by atoms with Crippen LogP contribution in [0.2, 0.25) is 0 Å². The number of halogens is 2. The number of nitrogens with one attached hydrogen (secondary N) is 2. The standard InChI is InChI=1S/C18H12BrIN2OS/c19-16-6-2-3-13-14(16)4-1-5-15(13)17(23)22-18(24)21-12-9-7-11(20)8-10-12/h1-10H,(H2,21,22,23,24). The minimum absolute atomic E-state index is 0.235. The largest absolute Gasteiger partial charge is 0.332 e. The number of benzene rings is 3. The Morgan fingerprint density at radius 3 is 2.38 bits per heavy atom. The number of hydrogen-bond acceptors (Lipinski definition) is 2. The number of anilines is 1. The van der Waals surface area contributed by atoms with E-state index in [2.05, 4.69) is 49.2 Å². The van der Waals surface area contributed by atoms with Gasteiger partial charge >= 0.3 is 0 Å². The highest BCUT2D eigenvalue weighted by molar-refractivity contribution is 14.1. The van der Waals surface area contributed by atoms with E-state index in [-0.39, 0.29) is 11.0 Å². The van der Waals surface area contributed by atoms with Crippen molar-refractivity contribution in [1.82, 2.24) is 5.32 Å². The molecule has 0 spiro atoms. The first kappa shape index (κ1) is 17.3. The van der Waals surface area contributed by atoms with Crippen LogP contribution in [0.15, 0.2) is 65.1 Å². The smallest absolute Gasteiger partial charge is 0.258 e. The zero-order valence-electron chi connectivity index (χ0n) is 12.3. The number of fused-ring (bicyclic) bond motifs is 1. The van der Waals surface area contributed by atoms with Gasteiger partial charge < -0.3 is 5.32 Å². The second-order valence-electron chi connectivity index (χ2n) is 5.06. The lowest BCUT2D eigenvalue weighted by Gasteiger charge is -2.11. The molecule has 6 heteroatoms. The summed E-state index contributed by atoms with van der Waals surface area (Å²) in [7, 11) is 0. The van der Waals surface area contributed by atoms with Crippen LogP contribution < -0.4 is 10.6 Å². The Morgan fingerprint density at radius 1 is 0.958 bits per heavy atom. The summed E-state index contributed by atoms with van der Waals surface area (Å²) in [5, 5.41) is 7.89. The van der Waals surface area contributed by atoms with E-state index in [1.807, 2.05) is 54.6 Å². The van der Waals surface area contributed by atoms with Crippen molar-refractivity contribution in [1.29, 1.82) is 0 Å². The fraction of sp³-hybridized carbons (Fsp3) is 0. The maximum absolute atomic E-state index is 12.6. The van der Waals surface area contributed by atoms with Crippen molar-refractivity contribution in [2.45, 2.75) is 0 Å². The number of carbonyl (C=O) groups excluding carboxylic acids is 1. The quantitative estimate of drug-likeness (QED) is 0.361. The lowest BCUT2D eigenvalue weighted by Crippen LogP contribution is -2.34. The molecule has 0 bridgehead atoms. The summed E-state index contributed by atoms with van der Waals surface area (Å²) in [5.41, 5.74) is 1.42. The third kappa shape index (κ3) is 3.93. The highest BCUT2D eigenvalue weighted by Gasteiger charge is 2.12. The molecule has 0 radical (unpaired) electrons. The van der Waals surface area contributed by atoms with Crippen molar-refractivity contribution < 1.29 is 4.79 Å². The molecule has 0 aromatic heterocycles.